The van der Waals surface area contributed by atoms with E-state index in [2.05, 4.69) is 4.98 Å². The minimum atomic E-state index is -2.67. The molecule has 134 valence electrons. The molecular weight excluding hydrogens is 340 g/mol. The summed E-state index contributed by atoms with van der Waals surface area (Å²) in [6, 6.07) is 13.2. The summed E-state index contributed by atoms with van der Waals surface area (Å²) in [7, 11) is -2.67. The topological polar surface area (TPSA) is 106 Å². The first-order chi connectivity index (χ1) is 11.4. The van der Waals surface area contributed by atoms with Gasteiger partial charge >= 0.3 is 0 Å². The van der Waals surface area contributed by atoms with Gasteiger partial charge in [0.15, 0.2) is 5.58 Å². The van der Waals surface area contributed by atoms with E-state index in [4.69, 9.17) is 10.2 Å². The number of aliphatic hydroxyl groups is 1. The van der Waals surface area contributed by atoms with Crippen LogP contribution in [0, 0.1) is 0 Å². The van der Waals surface area contributed by atoms with E-state index in [0.717, 1.165) is 18.1 Å². The lowest BCUT2D eigenvalue weighted by Gasteiger charge is -2.19. The summed E-state index contributed by atoms with van der Waals surface area (Å²) in [6.45, 7) is 3.39. The Morgan fingerprint density at radius 1 is 1.12 bits per heavy atom. The third kappa shape index (κ3) is 5.30. The maximum absolute atomic E-state index is 10.1. The van der Waals surface area contributed by atoms with Gasteiger partial charge in [-0.3, -0.25) is 0 Å². The molecule has 6 nitrogen and oxygen atoms in total. The summed E-state index contributed by atoms with van der Waals surface area (Å²) in [5.74, 6) is 0.549. The highest BCUT2D eigenvalue weighted by Crippen LogP contribution is 2.32. The summed E-state index contributed by atoms with van der Waals surface area (Å²) in [4.78, 5) is 4.44. The molecule has 3 aromatic rings. The quantitative estimate of drug-likeness (QED) is 0.679. The Kier molecular flexibility index (Phi) is 5.20. The van der Waals surface area contributed by atoms with E-state index in [-0.39, 0.29) is 0 Å². The Bertz CT molecular complexity index is 963. The van der Waals surface area contributed by atoms with Gasteiger partial charge in [0.2, 0.25) is 5.89 Å². The van der Waals surface area contributed by atoms with E-state index in [1.165, 1.54) is 0 Å². The summed E-state index contributed by atoms with van der Waals surface area (Å²) in [5.41, 5.74) is 8.33. The van der Waals surface area contributed by atoms with Crippen LogP contribution in [-0.4, -0.2) is 31.0 Å². The van der Waals surface area contributed by atoms with E-state index in [1.54, 1.807) is 26.0 Å². The zero-order chi connectivity index (χ0) is 18.8. The zero-order valence-electron chi connectivity index (χ0n) is 14.6. The molecule has 7 heteroatoms. The summed E-state index contributed by atoms with van der Waals surface area (Å²) < 4.78 is 25.0. The average molecular weight is 362 g/mol. The van der Waals surface area contributed by atoms with Gasteiger partial charge in [0.05, 0.1) is 5.60 Å². The van der Waals surface area contributed by atoms with Crippen molar-refractivity contribution in [3.05, 3.63) is 48.0 Å². The van der Waals surface area contributed by atoms with Gasteiger partial charge in [0.1, 0.15) is 15.4 Å². The average Bonchev–Trinajstić information content (AvgIpc) is 2.87. The van der Waals surface area contributed by atoms with Crippen molar-refractivity contribution in [3.63, 3.8) is 0 Å². The Morgan fingerprint density at radius 3 is 2.20 bits per heavy atom. The number of anilines is 1. The molecule has 0 fully saturated rings. The Hall–Kier alpha value is -2.38. The van der Waals surface area contributed by atoms with Crippen molar-refractivity contribution in [2.45, 2.75) is 19.4 Å². The van der Waals surface area contributed by atoms with Gasteiger partial charge in [-0.1, -0.05) is 18.2 Å². The molecule has 0 bridgehead atoms. The molecule has 0 saturated carbocycles. The number of sulfone groups is 1. The third-order valence-corrected chi connectivity index (χ3v) is 3.24. The van der Waals surface area contributed by atoms with Crippen molar-refractivity contribution in [3.8, 4) is 11.5 Å². The molecule has 2 aromatic carbocycles. The molecule has 1 heterocycles. The number of benzene rings is 2. The highest BCUT2D eigenvalue weighted by Gasteiger charge is 2.21. The fraction of sp³-hybridized carbons (Fsp3) is 0.278. The molecule has 0 spiro atoms. The van der Waals surface area contributed by atoms with Crippen LogP contribution in [0.15, 0.2) is 46.9 Å². The number of nitrogen functional groups attached to an aromatic ring is 1. The number of hydrogen-bond acceptors (Lipinski definition) is 6. The second-order valence-corrected chi connectivity index (χ2v) is 8.78. The summed E-state index contributed by atoms with van der Waals surface area (Å²) >= 11 is 0. The number of aromatic nitrogens is 1. The number of hydrogen-bond donors (Lipinski definition) is 2. The van der Waals surface area contributed by atoms with Crippen molar-refractivity contribution in [1.29, 1.82) is 0 Å². The molecule has 25 heavy (non-hydrogen) atoms. The van der Waals surface area contributed by atoms with Crippen LogP contribution in [0.1, 0.15) is 19.4 Å². The molecule has 0 radical (unpaired) electrons. The third-order valence-electron chi connectivity index (χ3n) is 3.24. The largest absolute Gasteiger partial charge is 0.436 e. The first-order valence-electron chi connectivity index (χ1n) is 7.58. The van der Waals surface area contributed by atoms with Gasteiger partial charge in [-0.15, -0.1) is 0 Å². The van der Waals surface area contributed by atoms with Gasteiger partial charge in [0, 0.05) is 29.3 Å². The Morgan fingerprint density at radius 2 is 1.68 bits per heavy atom. The SMILES string of the molecule is CC(C)(O)c1cc2oc(-c3ccccc3)nc2cc1N.CS(C)(=O)=O. The van der Waals surface area contributed by atoms with Crippen molar-refractivity contribution in [2.24, 2.45) is 0 Å². The molecule has 0 saturated heterocycles. The van der Waals surface area contributed by atoms with Crippen molar-refractivity contribution in [1.82, 2.24) is 4.98 Å². The van der Waals surface area contributed by atoms with Crippen LogP contribution in [0.2, 0.25) is 0 Å². The van der Waals surface area contributed by atoms with E-state index in [0.29, 0.717) is 28.2 Å². The van der Waals surface area contributed by atoms with Crippen LogP contribution in [0.4, 0.5) is 5.69 Å². The number of nitrogens with zero attached hydrogens (tertiary/aromatic N) is 1. The highest BCUT2D eigenvalue weighted by atomic mass is 32.2. The Labute approximate surface area is 147 Å². The molecule has 3 N–H and O–H groups in total. The van der Waals surface area contributed by atoms with Gasteiger partial charge < -0.3 is 15.3 Å². The number of oxazole rings is 1. The van der Waals surface area contributed by atoms with Crippen LogP contribution in [0.5, 0.6) is 0 Å². The van der Waals surface area contributed by atoms with Crippen LogP contribution < -0.4 is 5.73 Å². The maximum Gasteiger partial charge on any atom is 0.227 e. The smallest absolute Gasteiger partial charge is 0.227 e. The van der Waals surface area contributed by atoms with E-state index >= 15 is 0 Å². The van der Waals surface area contributed by atoms with Crippen LogP contribution >= 0.6 is 0 Å². The molecule has 1 aromatic heterocycles. The fourth-order valence-corrected chi connectivity index (χ4v) is 2.22. The number of fused-ring (bicyclic) bond motifs is 1. The van der Waals surface area contributed by atoms with E-state index < -0.39 is 15.4 Å². The minimum absolute atomic E-state index is 0.512. The predicted molar refractivity (Wildman–Crippen MR) is 99.9 cm³/mol. The lowest BCUT2D eigenvalue weighted by atomic mass is 9.96. The molecule has 0 atom stereocenters. The van der Waals surface area contributed by atoms with Gasteiger partial charge in [0.25, 0.3) is 0 Å². The van der Waals surface area contributed by atoms with Gasteiger partial charge in [-0.2, -0.15) is 0 Å². The van der Waals surface area contributed by atoms with E-state index in [9.17, 15) is 13.5 Å². The fourth-order valence-electron chi connectivity index (χ4n) is 2.22. The van der Waals surface area contributed by atoms with E-state index in [1.807, 2.05) is 30.3 Å². The monoisotopic (exact) mass is 362 g/mol. The van der Waals surface area contributed by atoms with Crippen molar-refractivity contribution < 1.29 is 17.9 Å². The predicted octanol–water partition coefficient (Wildman–Crippen LogP) is 2.97. The summed E-state index contributed by atoms with van der Waals surface area (Å²) in [5, 5.41) is 10.1. The maximum atomic E-state index is 10.1. The van der Waals surface area contributed by atoms with Gasteiger partial charge in [-0.05, 0) is 38.1 Å². The van der Waals surface area contributed by atoms with Crippen molar-refractivity contribution in [2.75, 3.05) is 18.2 Å². The molecule has 0 aliphatic carbocycles. The standard InChI is InChI=1S/C16H16N2O2.C2H6O2S/c1-16(2,19)11-8-14-13(9-12(11)17)18-15(20-14)10-6-4-3-5-7-10;1-5(2,3)4/h3-9,19H,17H2,1-2H3;1-2H3. The first-order valence-corrected chi connectivity index (χ1v) is 9.88. The molecule has 3 rings (SSSR count). The Balaban J connectivity index is 0.000000399. The normalized spacial score (nSPS) is 11.9. The first kappa shape index (κ1) is 19.0. The molecule has 0 aliphatic heterocycles. The minimum Gasteiger partial charge on any atom is -0.436 e. The second-order valence-electron chi connectivity index (χ2n) is 6.49. The lowest BCUT2D eigenvalue weighted by Crippen LogP contribution is -2.17. The lowest BCUT2D eigenvalue weighted by molar-refractivity contribution is 0.0794. The van der Waals surface area contributed by atoms with Crippen LogP contribution in [0.25, 0.3) is 22.6 Å². The molecule has 0 unspecified atom stereocenters. The van der Waals surface area contributed by atoms with Crippen LogP contribution in [-0.2, 0) is 15.4 Å². The molecular formula is C18H22N2O4S. The molecule has 0 aliphatic rings. The second kappa shape index (κ2) is 6.85. The zero-order valence-corrected chi connectivity index (χ0v) is 15.5. The van der Waals surface area contributed by atoms with Crippen LogP contribution in [0.3, 0.4) is 0 Å². The van der Waals surface area contributed by atoms with Crippen molar-refractivity contribution >= 4 is 26.6 Å². The summed E-state index contributed by atoms with van der Waals surface area (Å²) in [6.07, 6.45) is 2.32. The van der Waals surface area contributed by atoms with Gasteiger partial charge in [-0.25, -0.2) is 13.4 Å². The highest BCUT2D eigenvalue weighted by molar-refractivity contribution is 7.89. The number of nitrogens with two attached hydrogens (primary N) is 1. The number of rotatable bonds is 2. The molecule has 0 amide bonds.